The maximum Gasteiger partial charge on any atom is 0.191 e. The molecule has 0 atom stereocenters. The van der Waals surface area contributed by atoms with Gasteiger partial charge in [0.25, 0.3) is 0 Å². The van der Waals surface area contributed by atoms with E-state index in [0.717, 1.165) is 48.6 Å². The van der Waals surface area contributed by atoms with Gasteiger partial charge in [-0.25, -0.2) is 4.99 Å². The second kappa shape index (κ2) is 10.8. The minimum atomic E-state index is 0.466. The van der Waals surface area contributed by atoms with Gasteiger partial charge >= 0.3 is 0 Å². The summed E-state index contributed by atoms with van der Waals surface area (Å²) in [6.07, 6.45) is 1.77. The summed E-state index contributed by atoms with van der Waals surface area (Å²) >= 11 is 6.04. The third kappa shape index (κ3) is 6.65. The molecule has 0 aliphatic heterocycles. The SMILES string of the molecule is COCCCNC(=NCc1nnc(C)n1C)NCCc1cccc(Cl)c1. The van der Waals surface area contributed by atoms with Crippen molar-refractivity contribution in [2.75, 3.05) is 26.8 Å². The van der Waals surface area contributed by atoms with Crippen molar-refractivity contribution < 1.29 is 4.74 Å². The lowest BCUT2D eigenvalue weighted by molar-refractivity contribution is 0.195. The molecule has 0 aliphatic carbocycles. The molecule has 1 heterocycles. The molecule has 0 saturated heterocycles. The molecule has 26 heavy (non-hydrogen) atoms. The molecule has 0 spiro atoms. The normalized spacial score (nSPS) is 11.6. The van der Waals surface area contributed by atoms with Crippen LogP contribution in [0.4, 0.5) is 0 Å². The van der Waals surface area contributed by atoms with E-state index in [9.17, 15) is 0 Å². The minimum absolute atomic E-state index is 0.466. The second-order valence-corrected chi connectivity index (χ2v) is 6.40. The highest BCUT2D eigenvalue weighted by Gasteiger charge is 2.05. The minimum Gasteiger partial charge on any atom is -0.385 e. The number of halogens is 1. The Morgan fingerprint density at radius 1 is 1.27 bits per heavy atom. The summed E-state index contributed by atoms with van der Waals surface area (Å²) in [7, 11) is 3.65. The predicted octanol–water partition coefficient (Wildman–Crippen LogP) is 2.09. The summed E-state index contributed by atoms with van der Waals surface area (Å²) in [5.41, 5.74) is 1.19. The van der Waals surface area contributed by atoms with E-state index in [-0.39, 0.29) is 0 Å². The highest BCUT2D eigenvalue weighted by Crippen LogP contribution is 2.10. The van der Waals surface area contributed by atoms with E-state index in [1.165, 1.54) is 5.56 Å². The van der Waals surface area contributed by atoms with Crippen molar-refractivity contribution in [1.29, 1.82) is 0 Å². The number of ether oxygens (including phenoxy) is 1. The third-order valence-corrected chi connectivity index (χ3v) is 4.21. The van der Waals surface area contributed by atoms with Gasteiger partial charge in [-0.15, -0.1) is 10.2 Å². The van der Waals surface area contributed by atoms with Crippen LogP contribution in [0.1, 0.15) is 23.6 Å². The maximum atomic E-state index is 6.04. The fraction of sp³-hybridized carbons (Fsp3) is 0.500. The van der Waals surface area contributed by atoms with Gasteiger partial charge in [-0.2, -0.15) is 0 Å². The number of guanidine groups is 1. The van der Waals surface area contributed by atoms with Crippen LogP contribution in [-0.2, 0) is 24.8 Å². The number of nitrogens with one attached hydrogen (secondary N) is 2. The lowest BCUT2D eigenvalue weighted by Gasteiger charge is -2.13. The van der Waals surface area contributed by atoms with Crippen LogP contribution in [0.5, 0.6) is 0 Å². The maximum absolute atomic E-state index is 6.04. The van der Waals surface area contributed by atoms with Crippen molar-refractivity contribution in [3.05, 3.63) is 46.5 Å². The van der Waals surface area contributed by atoms with Crippen LogP contribution in [0.3, 0.4) is 0 Å². The molecular formula is C18H27ClN6O. The Balaban J connectivity index is 1.91. The van der Waals surface area contributed by atoms with Crippen molar-refractivity contribution >= 4 is 17.6 Å². The van der Waals surface area contributed by atoms with E-state index >= 15 is 0 Å². The van der Waals surface area contributed by atoms with Crippen LogP contribution in [-0.4, -0.2) is 47.5 Å². The van der Waals surface area contributed by atoms with Crippen LogP contribution >= 0.6 is 11.6 Å². The largest absolute Gasteiger partial charge is 0.385 e. The Bertz CT molecular complexity index is 715. The lowest BCUT2D eigenvalue weighted by atomic mass is 10.1. The second-order valence-electron chi connectivity index (χ2n) is 5.97. The molecule has 0 radical (unpaired) electrons. The molecule has 0 fully saturated rings. The van der Waals surface area contributed by atoms with Gasteiger partial charge in [-0.05, 0) is 37.5 Å². The van der Waals surface area contributed by atoms with Crippen LogP contribution in [0.25, 0.3) is 0 Å². The van der Waals surface area contributed by atoms with E-state index in [1.807, 2.05) is 36.7 Å². The average molecular weight is 379 g/mol. The number of nitrogens with zero attached hydrogens (tertiary/aromatic N) is 4. The Morgan fingerprint density at radius 2 is 2.08 bits per heavy atom. The molecule has 0 aliphatic rings. The number of methoxy groups -OCH3 is 1. The first-order valence-electron chi connectivity index (χ1n) is 8.70. The summed E-state index contributed by atoms with van der Waals surface area (Å²) in [5.74, 6) is 2.46. The molecule has 7 nitrogen and oxygen atoms in total. The van der Waals surface area contributed by atoms with E-state index in [0.29, 0.717) is 13.2 Å². The first kappa shape index (κ1) is 20.2. The quantitative estimate of drug-likeness (QED) is 0.397. The topological polar surface area (TPSA) is 76.4 Å². The Kier molecular flexibility index (Phi) is 8.37. The molecule has 1 aromatic carbocycles. The fourth-order valence-electron chi connectivity index (χ4n) is 2.35. The van der Waals surface area contributed by atoms with Crippen LogP contribution in [0.2, 0.25) is 5.02 Å². The number of aliphatic imine (C=N–C) groups is 1. The highest BCUT2D eigenvalue weighted by atomic mass is 35.5. The van der Waals surface area contributed by atoms with Crippen LogP contribution < -0.4 is 10.6 Å². The number of benzene rings is 1. The summed E-state index contributed by atoms with van der Waals surface area (Å²) in [4.78, 5) is 4.62. The van der Waals surface area contributed by atoms with Gasteiger partial charge in [0, 0.05) is 38.9 Å². The number of hydrogen-bond acceptors (Lipinski definition) is 4. The van der Waals surface area contributed by atoms with Gasteiger partial charge in [0.2, 0.25) is 0 Å². The van der Waals surface area contributed by atoms with E-state index < -0.39 is 0 Å². The highest BCUT2D eigenvalue weighted by molar-refractivity contribution is 6.30. The van der Waals surface area contributed by atoms with Crippen LogP contribution in [0, 0.1) is 6.92 Å². The molecule has 2 aromatic rings. The third-order valence-electron chi connectivity index (χ3n) is 3.97. The predicted molar refractivity (Wildman–Crippen MR) is 105 cm³/mol. The molecule has 8 heteroatoms. The zero-order valence-electron chi connectivity index (χ0n) is 15.6. The molecule has 0 amide bonds. The van der Waals surface area contributed by atoms with Crippen molar-refractivity contribution in [3.8, 4) is 0 Å². The van der Waals surface area contributed by atoms with E-state index in [1.54, 1.807) is 7.11 Å². The van der Waals surface area contributed by atoms with E-state index in [4.69, 9.17) is 16.3 Å². The Hall–Kier alpha value is -2.12. The number of aromatic nitrogens is 3. The Morgan fingerprint density at radius 3 is 2.77 bits per heavy atom. The Labute approximate surface area is 159 Å². The monoisotopic (exact) mass is 378 g/mol. The smallest absolute Gasteiger partial charge is 0.191 e. The van der Waals surface area contributed by atoms with Gasteiger partial charge in [-0.3, -0.25) is 0 Å². The van der Waals surface area contributed by atoms with Gasteiger partial charge in [0.05, 0.1) is 0 Å². The van der Waals surface area contributed by atoms with Gasteiger partial charge < -0.3 is 19.9 Å². The summed E-state index contributed by atoms with van der Waals surface area (Å²) in [6, 6.07) is 7.89. The molecule has 142 valence electrons. The molecule has 1 aromatic heterocycles. The first-order chi connectivity index (χ1) is 12.6. The number of hydrogen-bond donors (Lipinski definition) is 2. The molecule has 0 bridgehead atoms. The van der Waals surface area contributed by atoms with Crippen molar-refractivity contribution in [2.45, 2.75) is 26.3 Å². The van der Waals surface area contributed by atoms with Gasteiger partial charge in [-0.1, -0.05) is 23.7 Å². The zero-order valence-corrected chi connectivity index (χ0v) is 16.4. The summed E-state index contributed by atoms with van der Waals surface area (Å²) in [6.45, 7) is 4.65. The lowest BCUT2D eigenvalue weighted by Crippen LogP contribution is -2.39. The van der Waals surface area contributed by atoms with Crippen LogP contribution in [0.15, 0.2) is 29.3 Å². The van der Waals surface area contributed by atoms with Crippen molar-refractivity contribution in [1.82, 2.24) is 25.4 Å². The summed E-state index contributed by atoms with van der Waals surface area (Å²) in [5, 5.41) is 15.7. The number of rotatable bonds is 9. The number of aryl methyl sites for hydroxylation is 1. The van der Waals surface area contributed by atoms with Gasteiger partial charge in [0.15, 0.2) is 11.8 Å². The molecule has 2 rings (SSSR count). The molecular weight excluding hydrogens is 352 g/mol. The van der Waals surface area contributed by atoms with Gasteiger partial charge in [0.1, 0.15) is 12.4 Å². The first-order valence-corrected chi connectivity index (χ1v) is 9.08. The molecule has 0 saturated carbocycles. The average Bonchev–Trinajstić information content (AvgIpc) is 2.94. The van der Waals surface area contributed by atoms with Crippen molar-refractivity contribution in [2.24, 2.45) is 12.0 Å². The fourth-order valence-corrected chi connectivity index (χ4v) is 2.57. The van der Waals surface area contributed by atoms with Crippen molar-refractivity contribution in [3.63, 3.8) is 0 Å². The zero-order chi connectivity index (χ0) is 18.8. The standard InChI is InChI=1S/C18H27ClN6O/c1-14-23-24-17(25(14)2)13-22-18(20-9-5-11-26-3)21-10-8-15-6-4-7-16(19)12-15/h4,6-7,12H,5,8-11,13H2,1-3H3,(H2,20,21,22). The molecule has 2 N–H and O–H groups in total. The molecule has 0 unspecified atom stereocenters. The summed E-state index contributed by atoms with van der Waals surface area (Å²) < 4.78 is 7.03. The van der Waals surface area contributed by atoms with E-state index in [2.05, 4.69) is 31.9 Å².